The van der Waals surface area contributed by atoms with Crippen molar-refractivity contribution in [3.8, 4) is 0 Å². The van der Waals surface area contributed by atoms with Crippen LogP contribution in [-0.4, -0.2) is 34.7 Å². The van der Waals surface area contributed by atoms with Gasteiger partial charge in [-0.3, -0.25) is 14.5 Å². The van der Waals surface area contributed by atoms with Crippen LogP contribution in [-0.2, 0) is 9.59 Å². The highest BCUT2D eigenvalue weighted by molar-refractivity contribution is 7.81. The fourth-order valence-corrected chi connectivity index (χ4v) is 1.89. The average molecular weight is 228 g/mol. The molecule has 1 aliphatic heterocycles. The van der Waals surface area contributed by atoms with Gasteiger partial charge in [-0.1, -0.05) is 6.42 Å². The van der Waals surface area contributed by atoms with Gasteiger partial charge in [-0.2, -0.15) is 12.6 Å². The Morgan fingerprint density at radius 3 is 2.67 bits per heavy atom. The van der Waals surface area contributed by atoms with E-state index in [1.807, 2.05) is 0 Å². The quantitative estimate of drug-likeness (QED) is 0.311. The van der Waals surface area contributed by atoms with Crippen LogP contribution in [0.25, 0.3) is 0 Å². The lowest BCUT2D eigenvalue weighted by Crippen LogP contribution is -2.31. The highest BCUT2D eigenvalue weighted by atomic mass is 32.1. The number of hydrogen-bond donors (Lipinski definition) is 2. The number of nitrogens with zero attached hydrogens (tertiary/aromatic N) is 1. The molecular weight excluding hydrogens is 212 g/mol. The van der Waals surface area contributed by atoms with E-state index < -0.39 is 5.25 Å². The molecule has 1 rings (SSSR count). The molecule has 0 bridgehead atoms. The molecule has 5 heteroatoms. The number of unbranched alkanes of at least 4 members (excludes halogenated alkanes) is 3. The van der Waals surface area contributed by atoms with Crippen molar-refractivity contribution in [3.63, 3.8) is 0 Å². The molecule has 1 fully saturated rings. The molecule has 0 radical (unpaired) electrons. The summed E-state index contributed by atoms with van der Waals surface area (Å²) in [5, 5.41) is 6.41. The molecule has 0 aromatic rings. The van der Waals surface area contributed by atoms with Gasteiger partial charge in [0.15, 0.2) is 0 Å². The summed E-state index contributed by atoms with van der Waals surface area (Å²) in [4.78, 5) is 24.1. The minimum absolute atomic E-state index is 0.105. The topological polar surface area (TPSA) is 61.2 Å². The van der Waals surface area contributed by atoms with E-state index in [9.17, 15) is 9.59 Å². The first-order valence-electron chi connectivity index (χ1n) is 5.18. The first-order chi connectivity index (χ1) is 7.16. The first-order valence-corrected chi connectivity index (χ1v) is 5.69. The van der Waals surface area contributed by atoms with Crippen LogP contribution < -0.4 is 0 Å². The minimum atomic E-state index is -0.431. The van der Waals surface area contributed by atoms with Crippen molar-refractivity contribution < 1.29 is 9.59 Å². The monoisotopic (exact) mass is 228 g/mol. The summed E-state index contributed by atoms with van der Waals surface area (Å²) >= 11 is 4.04. The number of carbonyl (C=O) groups excluding carboxylic acids is 2. The van der Waals surface area contributed by atoms with Crippen LogP contribution in [0.5, 0.6) is 0 Å². The fraction of sp³-hybridized carbons (Fsp3) is 0.700. The Hall–Kier alpha value is -0.840. The number of thiol groups is 1. The molecule has 1 unspecified atom stereocenters. The first kappa shape index (κ1) is 12.2. The predicted octanol–water partition coefficient (Wildman–Crippen LogP) is 1.25. The standard InChI is InChI=1S/C10H16N2O2S/c11-5-3-1-2-4-6-12-9(13)7-8(15)10(12)14/h5,8,11,15H,1-4,6-7H2. The Labute approximate surface area is 94.9 Å². The van der Waals surface area contributed by atoms with Crippen LogP contribution in [0.3, 0.4) is 0 Å². The second kappa shape index (κ2) is 5.90. The van der Waals surface area contributed by atoms with Gasteiger partial charge in [0, 0.05) is 13.0 Å². The summed E-state index contributed by atoms with van der Waals surface area (Å²) in [6.07, 6.45) is 5.12. The molecule has 1 aliphatic rings. The maximum absolute atomic E-state index is 11.4. The van der Waals surface area contributed by atoms with Crippen LogP contribution in [0, 0.1) is 5.41 Å². The zero-order chi connectivity index (χ0) is 11.3. The van der Waals surface area contributed by atoms with Crippen molar-refractivity contribution in [2.75, 3.05) is 6.54 Å². The van der Waals surface area contributed by atoms with Gasteiger partial charge < -0.3 is 5.41 Å². The molecule has 2 amide bonds. The van der Waals surface area contributed by atoms with Gasteiger partial charge in [-0.15, -0.1) is 0 Å². The van der Waals surface area contributed by atoms with Crippen LogP contribution >= 0.6 is 12.6 Å². The van der Waals surface area contributed by atoms with Gasteiger partial charge >= 0.3 is 0 Å². The molecule has 0 aromatic heterocycles. The number of rotatable bonds is 6. The van der Waals surface area contributed by atoms with E-state index in [0.717, 1.165) is 25.7 Å². The van der Waals surface area contributed by atoms with E-state index in [0.29, 0.717) is 6.54 Å². The van der Waals surface area contributed by atoms with Gasteiger partial charge in [0.25, 0.3) is 0 Å². The maximum Gasteiger partial charge on any atom is 0.242 e. The number of carbonyl (C=O) groups is 2. The summed E-state index contributed by atoms with van der Waals surface area (Å²) in [5.74, 6) is -0.262. The molecular formula is C10H16N2O2S. The molecule has 0 spiro atoms. The van der Waals surface area contributed by atoms with Gasteiger partial charge in [0.1, 0.15) is 0 Å². The van der Waals surface area contributed by atoms with E-state index in [4.69, 9.17) is 5.41 Å². The maximum atomic E-state index is 11.4. The normalized spacial score (nSPS) is 21.1. The fourth-order valence-electron chi connectivity index (χ4n) is 1.59. The molecule has 84 valence electrons. The van der Waals surface area contributed by atoms with E-state index in [-0.39, 0.29) is 18.2 Å². The lowest BCUT2D eigenvalue weighted by molar-refractivity contribution is -0.138. The summed E-state index contributed by atoms with van der Waals surface area (Å²) in [6.45, 7) is 0.507. The highest BCUT2D eigenvalue weighted by Crippen LogP contribution is 2.18. The number of nitrogens with one attached hydrogen (secondary N) is 1. The number of amides is 2. The Balaban J connectivity index is 2.23. The smallest absolute Gasteiger partial charge is 0.242 e. The van der Waals surface area contributed by atoms with Crippen molar-refractivity contribution in [2.24, 2.45) is 0 Å². The molecule has 1 saturated heterocycles. The lowest BCUT2D eigenvalue weighted by atomic mass is 10.2. The summed E-state index contributed by atoms with van der Waals surface area (Å²) < 4.78 is 0. The van der Waals surface area contributed by atoms with Gasteiger partial charge in [-0.25, -0.2) is 0 Å². The Morgan fingerprint density at radius 2 is 2.13 bits per heavy atom. The van der Waals surface area contributed by atoms with Crippen molar-refractivity contribution >= 4 is 30.7 Å². The van der Waals surface area contributed by atoms with E-state index in [2.05, 4.69) is 12.6 Å². The second-order valence-corrected chi connectivity index (χ2v) is 4.28. The molecule has 15 heavy (non-hydrogen) atoms. The Bertz CT molecular complexity index is 268. The summed E-state index contributed by atoms with van der Waals surface area (Å²) in [7, 11) is 0. The van der Waals surface area contributed by atoms with Crippen LogP contribution in [0.15, 0.2) is 0 Å². The molecule has 0 aliphatic carbocycles. The van der Waals surface area contributed by atoms with E-state index in [1.165, 1.54) is 11.1 Å². The predicted molar refractivity (Wildman–Crippen MR) is 61.4 cm³/mol. The third-order valence-corrected chi connectivity index (χ3v) is 2.85. The van der Waals surface area contributed by atoms with Gasteiger partial charge in [-0.05, 0) is 25.5 Å². The molecule has 1 heterocycles. The molecule has 1 atom stereocenters. The minimum Gasteiger partial charge on any atom is -0.313 e. The van der Waals surface area contributed by atoms with E-state index in [1.54, 1.807) is 0 Å². The average Bonchev–Trinajstić information content (AvgIpc) is 2.44. The van der Waals surface area contributed by atoms with Crippen molar-refractivity contribution in [1.82, 2.24) is 4.90 Å². The van der Waals surface area contributed by atoms with Crippen molar-refractivity contribution in [2.45, 2.75) is 37.4 Å². The summed E-state index contributed by atoms with van der Waals surface area (Å²) in [6, 6.07) is 0. The molecule has 4 nitrogen and oxygen atoms in total. The van der Waals surface area contributed by atoms with Crippen LogP contribution in [0.1, 0.15) is 32.1 Å². The van der Waals surface area contributed by atoms with Gasteiger partial charge in [0.05, 0.1) is 5.25 Å². The Morgan fingerprint density at radius 1 is 1.40 bits per heavy atom. The molecule has 1 N–H and O–H groups in total. The number of likely N-dealkylation sites (tertiary alicyclic amines) is 1. The van der Waals surface area contributed by atoms with Crippen LogP contribution in [0.2, 0.25) is 0 Å². The third kappa shape index (κ3) is 3.34. The lowest BCUT2D eigenvalue weighted by Gasteiger charge is -2.13. The second-order valence-electron chi connectivity index (χ2n) is 3.66. The van der Waals surface area contributed by atoms with Crippen molar-refractivity contribution in [1.29, 1.82) is 5.41 Å². The third-order valence-electron chi connectivity index (χ3n) is 2.45. The number of imide groups is 1. The molecule has 0 saturated carbocycles. The van der Waals surface area contributed by atoms with Crippen molar-refractivity contribution in [3.05, 3.63) is 0 Å². The largest absolute Gasteiger partial charge is 0.313 e. The van der Waals surface area contributed by atoms with E-state index >= 15 is 0 Å². The van der Waals surface area contributed by atoms with Crippen LogP contribution in [0.4, 0.5) is 0 Å². The molecule has 0 aromatic carbocycles. The summed E-state index contributed by atoms with van der Waals surface area (Å²) in [5.41, 5.74) is 0. The Kier molecular flexibility index (Phi) is 4.81. The SMILES string of the molecule is N=CCCCCCN1C(=O)CC(S)C1=O. The zero-order valence-corrected chi connectivity index (χ0v) is 9.50. The zero-order valence-electron chi connectivity index (χ0n) is 8.61. The van der Waals surface area contributed by atoms with Gasteiger partial charge in [0.2, 0.25) is 11.8 Å². The number of hydrogen-bond acceptors (Lipinski definition) is 4. The highest BCUT2D eigenvalue weighted by Gasteiger charge is 2.35.